The molecule has 1 amide bonds. The highest BCUT2D eigenvalue weighted by Gasteiger charge is 2.26. The first-order valence-corrected chi connectivity index (χ1v) is 9.08. The molecule has 0 saturated heterocycles. The second kappa shape index (κ2) is 6.55. The number of anilines is 1. The van der Waals surface area contributed by atoms with Gasteiger partial charge in [0.2, 0.25) is 11.9 Å². The maximum Gasteiger partial charge on any atom is 0.224 e. The van der Waals surface area contributed by atoms with Gasteiger partial charge in [0.1, 0.15) is 6.33 Å². The molecule has 130 valence electrons. The zero-order chi connectivity index (χ0) is 17.4. The summed E-state index contributed by atoms with van der Waals surface area (Å²) in [7, 11) is 1.69. The molecule has 4 rings (SSSR count). The van der Waals surface area contributed by atoms with Gasteiger partial charge in [0.25, 0.3) is 0 Å². The number of amides is 1. The Morgan fingerprint density at radius 1 is 1.28 bits per heavy atom. The molecule has 3 heterocycles. The van der Waals surface area contributed by atoms with Crippen molar-refractivity contribution in [3.8, 4) is 0 Å². The molecule has 1 aliphatic carbocycles. The molecule has 1 aliphatic rings. The molecule has 25 heavy (non-hydrogen) atoms. The fraction of sp³-hybridized carbons (Fsp3) is 0.438. The number of hydrogen-bond acceptors (Lipinski definition) is 6. The second-order valence-electron chi connectivity index (χ2n) is 6.30. The molecular weight excluding hydrogens is 386 g/mol. The zero-order valence-corrected chi connectivity index (χ0v) is 15.3. The number of rotatable bonds is 3. The zero-order valence-electron chi connectivity index (χ0n) is 13.7. The van der Waals surface area contributed by atoms with E-state index in [1.165, 1.54) is 0 Å². The molecule has 9 heteroatoms. The normalized spacial score (nSPS) is 20.7. The van der Waals surface area contributed by atoms with E-state index >= 15 is 0 Å². The number of halogens is 1. The van der Waals surface area contributed by atoms with Crippen LogP contribution in [-0.2, 0) is 4.79 Å². The standard InChI is InChI=1S/C16H18BrN7O/c1-18-15(25)9-2-4-11(5-3-9)21-16-19-7-10-6-12(17)14-23-20-8-24(14)13(10)22-16/h6-9,11H,2-5H2,1H3,(H,18,25)(H,19,21,22)/t9-,11-. The van der Waals surface area contributed by atoms with Gasteiger partial charge in [-0.05, 0) is 47.7 Å². The van der Waals surface area contributed by atoms with E-state index in [1.54, 1.807) is 19.6 Å². The first-order chi connectivity index (χ1) is 12.2. The average Bonchev–Trinajstić information content (AvgIpc) is 3.13. The fourth-order valence-electron chi connectivity index (χ4n) is 3.39. The average molecular weight is 404 g/mol. The minimum absolute atomic E-state index is 0.120. The quantitative estimate of drug-likeness (QED) is 0.695. The third kappa shape index (κ3) is 3.04. The van der Waals surface area contributed by atoms with Crippen LogP contribution in [0, 0.1) is 5.92 Å². The lowest BCUT2D eigenvalue weighted by atomic mass is 9.85. The van der Waals surface area contributed by atoms with Crippen LogP contribution in [-0.4, -0.2) is 43.6 Å². The highest BCUT2D eigenvalue weighted by molar-refractivity contribution is 9.10. The van der Waals surface area contributed by atoms with Crippen LogP contribution >= 0.6 is 15.9 Å². The number of fused-ring (bicyclic) bond motifs is 3. The van der Waals surface area contributed by atoms with Crippen LogP contribution in [0.3, 0.4) is 0 Å². The van der Waals surface area contributed by atoms with Gasteiger partial charge in [-0.25, -0.2) is 4.98 Å². The lowest BCUT2D eigenvalue weighted by Crippen LogP contribution is -2.34. The Morgan fingerprint density at radius 3 is 2.84 bits per heavy atom. The smallest absolute Gasteiger partial charge is 0.224 e. The van der Waals surface area contributed by atoms with Crippen molar-refractivity contribution in [2.45, 2.75) is 31.7 Å². The summed E-state index contributed by atoms with van der Waals surface area (Å²) in [5, 5.41) is 15.1. The molecule has 8 nitrogen and oxygen atoms in total. The SMILES string of the molecule is CNC(=O)[C@H]1CC[C@H](Nc2ncc3cc(Br)c4nncn4c3n2)CC1. The summed E-state index contributed by atoms with van der Waals surface area (Å²) in [5.41, 5.74) is 1.49. The maximum absolute atomic E-state index is 11.7. The largest absolute Gasteiger partial charge is 0.359 e. The molecule has 0 unspecified atom stereocenters. The molecule has 0 radical (unpaired) electrons. The Bertz CT molecular complexity index is 933. The predicted octanol–water partition coefficient (Wildman–Crippen LogP) is 2.15. The van der Waals surface area contributed by atoms with Crippen molar-refractivity contribution in [1.82, 2.24) is 29.9 Å². The van der Waals surface area contributed by atoms with E-state index < -0.39 is 0 Å². The Kier molecular flexibility index (Phi) is 4.24. The molecule has 0 spiro atoms. The Morgan fingerprint density at radius 2 is 2.08 bits per heavy atom. The summed E-state index contributed by atoms with van der Waals surface area (Å²) < 4.78 is 2.70. The first-order valence-electron chi connectivity index (χ1n) is 8.29. The van der Waals surface area contributed by atoms with E-state index in [4.69, 9.17) is 0 Å². The second-order valence-corrected chi connectivity index (χ2v) is 7.15. The Labute approximate surface area is 152 Å². The Hall–Kier alpha value is -2.29. The van der Waals surface area contributed by atoms with E-state index in [0.717, 1.165) is 46.8 Å². The van der Waals surface area contributed by atoms with Crippen molar-refractivity contribution in [1.29, 1.82) is 0 Å². The van der Waals surface area contributed by atoms with Gasteiger partial charge in [0, 0.05) is 30.6 Å². The molecule has 0 bridgehead atoms. The van der Waals surface area contributed by atoms with Crippen molar-refractivity contribution in [3.05, 3.63) is 23.1 Å². The molecular formula is C16H18BrN7O. The van der Waals surface area contributed by atoms with Crippen LogP contribution in [0.15, 0.2) is 23.1 Å². The summed E-state index contributed by atoms with van der Waals surface area (Å²) in [6, 6.07) is 2.22. The summed E-state index contributed by atoms with van der Waals surface area (Å²) >= 11 is 3.49. The van der Waals surface area contributed by atoms with E-state index in [-0.39, 0.29) is 17.9 Å². The van der Waals surface area contributed by atoms with E-state index in [0.29, 0.717) is 5.95 Å². The third-order valence-electron chi connectivity index (χ3n) is 4.75. The molecule has 3 aromatic rings. The molecule has 2 N–H and O–H groups in total. The van der Waals surface area contributed by atoms with E-state index in [1.807, 2.05) is 10.5 Å². The van der Waals surface area contributed by atoms with Crippen molar-refractivity contribution >= 4 is 44.5 Å². The van der Waals surface area contributed by atoms with Crippen LogP contribution in [0.5, 0.6) is 0 Å². The van der Waals surface area contributed by atoms with E-state index in [2.05, 4.69) is 46.7 Å². The van der Waals surface area contributed by atoms with Crippen molar-refractivity contribution in [2.24, 2.45) is 5.92 Å². The van der Waals surface area contributed by atoms with Crippen LogP contribution in [0.25, 0.3) is 16.7 Å². The molecule has 1 saturated carbocycles. The summed E-state index contributed by atoms with van der Waals surface area (Å²) in [4.78, 5) is 20.8. The molecule has 1 fully saturated rings. The number of carbonyl (C=O) groups is 1. The van der Waals surface area contributed by atoms with Gasteiger partial charge >= 0.3 is 0 Å². The van der Waals surface area contributed by atoms with E-state index in [9.17, 15) is 4.79 Å². The number of nitrogens with one attached hydrogen (secondary N) is 2. The summed E-state index contributed by atoms with van der Waals surface area (Å²) in [6.07, 6.45) is 7.07. The minimum Gasteiger partial charge on any atom is -0.359 e. The van der Waals surface area contributed by atoms with Gasteiger partial charge in [0.15, 0.2) is 11.3 Å². The fourth-order valence-corrected chi connectivity index (χ4v) is 3.90. The molecule has 3 aromatic heterocycles. The first kappa shape index (κ1) is 16.2. The Balaban J connectivity index is 1.55. The number of aromatic nitrogens is 5. The number of nitrogens with zero attached hydrogens (tertiary/aromatic N) is 5. The maximum atomic E-state index is 11.7. The third-order valence-corrected chi connectivity index (χ3v) is 5.33. The molecule has 0 atom stereocenters. The van der Waals surface area contributed by atoms with Gasteiger partial charge in [0.05, 0.1) is 4.47 Å². The topological polar surface area (TPSA) is 97.1 Å². The van der Waals surface area contributed by atoms with Gasteiger partial charge in [-0.15, -0.1) is 10.2 Å². The van der Waals surface area contributed by atoms with Crippen LogP contribution < -0.4 is 10.6 Å². The van der Waals surface area contributed by atoms with Gasteiger partial charge in [-0.2, -0.15) is 4.98 Å². The minimum atomic E-state index is 0.120. The molecule has 0 aromatic carbocycles. The van der Waals surface area contributed by atoms with Crippen LogP contribution in [0.1, 0.15) is 25.7 Å². The van der Waals surface area contributed by atoms with Gasteiger partial charge < -0.3 is 10.6 Å². The monoisotopic (exact) mass is 403 g/mol. The highest BCUT2D eigenvalue weighted by Crippen LogP contribution is 2.27. The van der Waals surface area contributed by atoms with Gasteiger partial charge in [-0.1, -0.05) is 0 Å². The summed E-state index contributed by atoms with van der Waals surface area (Å²) in [6.45, 7) is 0. The predicted molar refractivity (Wildman–Crippen MR) is 97.2 cm³/mol. The highest BCUT2D eigenvalue weighted by atomic mass is 79.9. The van der Waals surface area contributed by atoms with Crippen molar-refractivity contribution in [2.75, 3.05) is 12.4 Å². The van der Waals surface area contributed by atoms with Crippen LogP contribution in [0.4, 0.5) is 5.95 Å². The number of carbonyl (C=O) groups excluding carboxylic acids is 1. The van der Waals surface area contributed by atoms with Crippen molar-refractivity contribution < 1.29 is 4.79 Å². The number of pyridine rings is 1. The van der Waals surface area contributed by atoms with Crippen molar-refractivity contribution in [3.63, 3.8) is 0 Å². The lowest BCUT2D eigenvalue weighted by Gasteiger charge is -2.28. The van der Waals surface area contributed by atoms with Crippen LogP contribution in [0.2, 0.25) is 0 Å². The lowest BCUT2D eigenvalue weighted by molar-refractivity contribution is -0.125. The summed E-state index contributed by atoms with van der Waals surface area (Å²) in [5.74, 6) is 0.851. The van der Waals surface area contributed by atoms with Gasteiger partial charge in [-0.3, -0.25) is 9.20 Å². The molecule has 0 aliphatic heterocycles. The number of hydrogen-bond donors (Lipinski definition) is 2.